The molecule has 0 radical (unpaired) electrons. The molecular weight excluding hydrogens is 388 g/mol. The highest BCUT2D eigenvalue weighted by atomic mass is 32.2. The number of carbonyl (C=O) groups is 3. The minimum absolute atomic E-state index is 0.0360. The van der Waals surface area contributed by atoms with Crippen LogP contribution in [0.2, 0.25) is 0 Å². The second-order valence-electron chi connectivity index (χ2n) is 5.65. The maximum Gasteiger partial charge on any atom is 0.339 e. The molecule has 0 aromatic heterocycles. The van der Waals surface area contributed by atoms with Crippen molar-refractivity contribution in [2.75, 3.05) is 30.5 Å². The lowest BCUT2D eigenvalue weighted by molar-refractivity contribution is 0.0587. The topological polar surface area (TPSA) is 128 Å². The minimum atomic E-state index is -3.51. The summed E-state index contributed by atoms with van der Waals surface area (Å²) in [4.78, 5) is 36.3. The molecule has 0 atom stereocenters. The van der Waals surface area contributed by atoms with Crippen LogP contribution >= 0.6 is 0 Å². The van der Waals surface area contributed by atoms with Crippen molar-refractivity contribution in [1.29, 1.82) is 0 Å². The Hall–Kier alpha value is -3.40. The molecule has 0 fully saturated rings. The maximum absolute atomic E-state index is 12.6. The SMILES string of the molecule is COC(=O)c1ccc(C(=O)OC)c(NC(=O)c2cccc(NS(C)(=O)=O)c2)c1. The van der Waals surface area contributed by atoms with Gasteiger partial charge in [0.2, 0.25) is 10.0 Å². The quantitative estimate of drug-likeness (QED) is 0.701. The number of hydrogen-bond acceptors (Lipinski definition) is 7. The number of esters is 2. The third kappa shape index (κ3) is 5.30. The molecule has 0 heterocycles. The molecule has 148 valence electrons. The van der Waals surface area contributed by atoms with Crippen molar-refractivity contribution in [2.24, 2.45) is 0 Å². The number of nitrogens with one attached hydrogen (secondary N) is 2. The summed E-state index contributed by atoms with van der Waals surface area (Å²) in [6, 6.07) is 9.75. The summed E-state index contributed by atoms with van der Waals surface area (Å²) < 4.78 is 34.3. The summed E-state index contributed by atoms with van der Waals surface area (Å²) in [5.74, 6) is -1.98. The zero-order valence-corrected chi connectivity index (χ0v) is 16.1. The van der Waals surface area contributed by atoms with Crippen LogP contribution in [0.4, 0.5) is 11.4 Å². The fraction of sp³-hybridized carbons (Fsp3) is 0.167. The lowest BCUT2D eigenvalue weighted by atomic mass is 10.1. The molecule has 0 saturated heterocycles. The molecule has 0 unspecified atom stereocenters. The lowest BCUT2D eigenvalue weighted by Crippen LogP contribution is -2.17. The van der Waals surface area contributed by atoms with E-state index >= 15 is 0 Å². The number of anilines is 2. The highest BCUT2D eigenvalue weighted by Crippen LogP contribution is 2.21. The van der Waals surface area contributed by atoms with Crippen LogP contribution in [0.25, 0.3) is 0 Å². The fourth-order valence-electron chi connectivity index (χ4n) is 2.31. The number of hydrogen-bond donors (Lipinski definition) is 2. The number of amides is 1. The van der Waals surface area contributed by atoms with Crippen molar-refractivity contribution < 1.29 is 32.3 Å². The van der Waals surface area contributed by atoms with Gasteiger partial charge in [-0.05, 0) is 36.4 Å². The van der Waals surface area contributed by atoms with Gasteiger partial charge in [0.15, 0.2) is 0 Å². The van der Waals surface area contributed by atoms with E-state index in [0.717, 1.165) is 6.26 Å². The molecule has 0 aliphatic heterocycles. The first-order valence-corrected chi connectivity index (χ1v) is 9.73. The third-order valence-electron chi connectivity index (χ3n) is 3.52. The van der Waals surface area contributed by atoms with Crippen LogP contribution in [-0.4, -0.2) is 46.7 Å². The average molecular weight is 406 g/mol. The Kier molecular flexibility index (Phi) is 6.37. The van der Waals surface area contributed by atoms with Gasteiger partial charge in [-0.15, -0.1) is 0 Å². The molecule has 28 heavy (non-hydrogen) atoms. The normalized spacial score (nSPS) is 10.7. The summed E-state index contributed by atoms with van der Waals surface area (Å²) in [6.45, 7) is 0. The van der Waals surface area contributed by atoms with E-state index in [0.29, 0.717) is 0 Å². The van der Waals surface area contributed by atoms with Crippen molar-refractivity contribution in [3.63, 3.8) is 0 Å². The van der Waals surface area contributed by atoms with E-state index in [9.17, 15) is 22.8 Å². The van der Waals surface area contributed by atoms with E-state index in [4.69, 9.17) is 0 Å². The second kappa shape index (κ2) is 8.53. The van der Waals surface area contributed by atoms with E-state index in [1.54, 1.807) is 0 Å². The summed E-state index contributed by atoms with van der Waals surface area (Å²) in [5.41, 5.74) is 0.535. The second-order valence-corrected chi connectivity index (χ2v) is 7.40. The van der Waals surface area contributed by atoms with Crippen molar-refractivity contribution in [3.05, 3.63) is 59.2 Å². The molecular formula is C18H18N2O7S. The molecule has 0 bridgehead atoms. The minimum Gasteiger partial charge on any atom is -0.465 e. The predicted molar refractivity (Wildman–Crippen MR) is 102 cm³/mol. The number of benzene rings is 2. The Labute approximate surface area is 161 Å². The van der Waals surface area contributed by atoms with Crippen LogP contribution in [0.15, 0.2) is 42.5 Å². The maximum atomic E-state index is 12.6. The fourth-order valence-corrected chi connectivity index (χ4v) is 2.87. The van der Waals surface area contributed by atoms with Crippen LogP contribution in [0.5, 0.6) is 0 Å². The van der Waals surface area contributed by atoms with E-state index in [-0.39, 0.29) is 28.1 Å². The molecule has 1 amide bonds. The van der Waals surface area contributed by atoms with E-state index < -0.39 is 27.9 Å². The van der Waals surface area contributed by atoms with Gasteiger partial charge in [0, 0.05) is 11.3 Å². The first kappa shape index (κ1) is 20.9. The van der Waals surface area contributed by atoms with Gasteiger partial charge >= 0.3 is 11.9 Å². The van der Waals surface area contributed by atoms with Crippen LogP contribution in [0.3, 0.4) is 0 Å². The Morgan fingerprint density at radius 1 is 0.893 bits per heavy atom. The summed E-state index contributed by atoms with van der Waals surface area (Å²) >= 11 is 0. The average Bonchev–Trinajstić information content (AvgIpc) is 2.65. The van der Waals surface area contributed by atoms with E-state index in [2.05, 4.69) is 19.5 Å². The molecule has 0 spiro atoms. The molecule has 2 aromatic rings. The zero-order chi connectivity index (χ0) is 20.9. The van der Waals surface area contributed by atoms with Gasteiger partial charge < -0.3 is 14.8 Å². The van der Waals surface area contributed by atoms with Crippen LogP contribution < -0.4 is 10.0 Å². The largest absolute Gasteiger partial charge is 0.465 e. The van der Waals surface area contributed by atoms with Gasteiger partial charge in [-0.25, -0.2) is 18.0 Å². The van der Waals surface area contributed by atoms with Crippen molar-refractivity contribution in [3.8, 4) is 0 Å². The molecule has 2 aromatic carbocycles. The smallest absolute Gasteiger partial charge is 0.339 e. The first-order valence-electron chi connectivity index (χ1n) is 7.84. The van der Waals surface area contributed by atoms with Gasteiger partial charge in [0.1, 0.15) is 0 Å². The van der Waals surface area contributed by atoms with E-state index in [1.165, 1.54) is 56.7 Å². The first-order chi connectivity index (χ1) is 13.1. The Morgan fingerprint density at radius 3 is 2.18 bits per heavy atom. The van der Waals surface area contributed by atoms with Crippen molar-refractivity contribution in [2.45, 2.75) is 0 Å². The molecule has 0 aliphatic rings. The van der Waals surface area contributed by atoms with Crippen molar-refractivity contribution in [1.82, 2.24) is 0 Å². The number of carbonyl (C=O) groups excluding carboxylic acids is 3. The number of methoxy groups -OCH3 is 2. The van der Waals surface area contributed by atoms with Gasteiger partial charge in [0.05, 0.1) is 37.3 Å². The molecule has 0 aliphatic carbocycles. The van der Waals surface area contributed by atoms with Crippen LogP contribution in [0, 0.1) is 0 Å². The standard InChI is InChI=1S/C18H18N2O7S/c1-26-17(22)12-7-8-14(18(23)27-2)15(10-12)19-16(21)11-5-4-6-13(9-11)20-28(3,24)25/h4-10,20H,1-3H3,(H,19,21). The summed E-state index contributed by atoms with van der Waals surface area (Å²) in [6.07, 6.45) is 0.987. The number of sulfonamides is 1. The molecule has 2 N–H and O–H groups in total. The summed E-state index contributed by atoms with van der Waals surface area (Å²) in [7, 11) is -1.13. The number of ether oxygens (including phenoxy) is 2. The lowest BCUT2D eigenvalue weighted by Gasteiger charge is -2.12. The highest BCUT2D eigenvalue weighted by Gasteiger charge is 2.18. The van der Waals surface area contributed by atoms with Gasteiger partial charge in [-0.3, -0.25) is 9.52 Å². The van der Waals surface area contributed by atoms with Crippen LogP contribution in [0.1, 0.15) is 31.1 Å². The summed E-state index contributed by atoms with van der Waals surface area (Å²) in [5, 5.41) is 2.53. The third-order valence-corrected chi connectivity index (χ3v) is 4.13. The van der Waals surface area contributed by atoms with Gasteiger partial charge in [-0.1, -0.05) is 6.07 Å². The zero-order valence-electron chi connectivity index (χ0n) is 15.3. The predicted octanol–water partition coefficient (Wildman–Crippen LogP) is 1.88. The Balaban J connectivity index is 2.38. The van der Waals surface area contributed by atoms with Gasteiger partial charge in [-0.2, -0.15) is 0 Å². The Bertz CT molecular complexity index is 1030. The molecule has 9 nitrogen and oxygen atoms in total. The van der Waals surface area contributed by atoms with E-state index in [1.807, 2.05) is 0 Å². The number of rotatable bonds is 6. The Morgan fingerprint density at radius 2 is 1.57 bits per heavy atom. The monoisotopic (exact) mass is 406 g/mol. The molecule has 2 rings (SSSR count). The van der Waals surface area contributed by atoms with Crippen LogP contribution in [-0.2, 0) is 19.5 Å². The molecule has 10 heteroatoms. The van der Waals surface area contributed by atoms with Gasteiger partial charge in [0.25, 0.3) is 5.91 Å². The highest BCUT2D eigenvalue weighted by molar-refractivity contribution is 7.92. The van der Waals surface area contributed by atoms with Crippen molar-refractivity contribution >= 4 is 39.2 Å². The molecule has 0 saturated carbocycles.